The second-order valence-electron chi connectivity index (χ2n) is 7.13. The number of hydrogen-bond acceptors (Lipinski definition) is 4. The Kier molecular flexibility index (Phi) is 6.97. The summed E-state index contributed by atoms with van der Waals surface area (Å²) in [5.74, 6) is -0.607. The molecular weight excluding hydrogens is 457 g/mol. The summed E-state index contributed by atoms with van der Waals surface area (Å²) in [6.07, 6.45) is -4.58. The molecule has 0 fully saturated rings. The number of aryl methyl sites for hydroxylation is 1. The molecule has 0 aliphatic rings. The second-order valence-corrected chi connectivity index (χ2v) is 8.99. The molecule has 0 aliphatic carbocycles. The van der Waals surface area contributed by atoms with Gasteiger partial charge in [-0.25, -0.2) is 8.42 Å². The highest BCUT2D eigenvalue weighted by atomic mass is 32.2. The van der Waals surface area contributed by atoms with Crippen LogP contribution in [-0.2, 0) is 21.0 Å². The lowest BCUT2D eigenvalue weighted by molar-refractivity contribution is -0.137. The number of nitrogens with zero attached hydrogens (tertiary/aromatic N) is 1. The van der Waals surface area contributed by atoms with Crippen molar-refractivity contribution in [2.45, 2.75) is 18.0 Å². The molecule has 0 aliphatic heterocycles. The Hall–Kier alpha value is -3.53. The Morgan fingerprint density at radius 1 is 1.00 bits per heavy atom. The van der Waals surface area contributed by atoms with E-state index in [9.17, 15) is 26.4 Å². The summed E-state index contributed by atoms with van der Waals surface area (Å²) in [7, 11) is -2.84. The molecule has 3 aromatic rings. The summed E-state index contributed by atoms with van der Waals surface area (Å²) in [5.41, 5.74) is -0.199. The molecule has 0 heterocycles. The van der Waals surface area contributed by atoms with E-state index in [0.717, 1.165) is 28.1 Å². The number of amides is 1. The van der Waals surface area contributed by atoms with Crippen LogP contribution in [0.25, 0.3) is 0 Å². The third-order valence-electron chi connectivity index (χ3n) is 4.70. The van der Waals surface area contributed by atoms with Crippen molar-refractivity contribution in [3.05, 3.63) is 83.9 Å². The SMILES string of the molecule is COc1ccc(C)cc1N(CC(=O)Nc1cccc(C(F)(F)F)c1)S(=O)(=O)c1ccccc1. The van der Waals surface area contributed by atoms with Crippen LogP contribution in [0.2, 0.25) is 0 Å². The highest BCUT2D eigenvalue weighted by Gasteiger charge is 2.32. The molecule has 33 heavy (non-hydrogen) atoms. The van der Waals surface area contributed by atoms with Crippen molar-refractivity contribution >= 4 is 27.3 Å². The Bertz CT molecular complexity index is 1250. The maximum absolute atomic E-state index is 13.4. The van der Waals surface area contributed by atoms with Gasteiger partial charge < -0.3 is 10.1 Å². The Labute approximate surface area is 189 Å². The number of carbonyl (C=O) groups excluding carboxylic acids is 1. The topological polar surface area (TPSA) is 75.7 Å². The van der Waals surface area contributed by atoms with E-state index in [1.54, 1.807) is 43.3 Å². The van der Waals surface area contributed by atoms with Crippen molar-refractivity contribution in [3.8, 4) is 5.75 Å². The lowest BCUT2D eigenvalue weighted by atomic mass is 10.2. The van der Waals surface area contributed by atoms with Gasteiger partial charge in [-0.1, -0.05) is 30.3 Å². The molecule has 6 nitrogen and oxygen atoms in total. The first kappa shape index (κ1) is 24.1. The van der Waals surface area contributed by atoms with Gasteiger partial charge in [0.25, 0.3) is 10.0 Å². The molecule has 0 radical (unpaired) electrons. The van der Waals surface area contributed by atoms with E-state index in [0.29, 0.717) is 0 Å². The van der Waals surface area contributed by atoms with Gasteiger partial charge in [0.15, 0.2) is 0 Å². The summed E-state index contributed by atoms with van der Waals surface area (Å²) >= 11 is 0. The van der Waals surface area contributed by atoms with Crippen molar-refractivity contribution in [2.24, 2.45) is 0 Å². The molecule has 0 spiro atoms. The molecule has 0 atom stereocenters. The zero-order valence-corrected chi connectivity index (χ0v) is 18.6. The standard InChI is InChI=1S/C23H21F3N2O4S/c1-16-11-12-21(32-2)20(13-16)28(33(30,31)19-9-4-3-5-10-19)15-22(29)27-18-8-6-7-17(14-18)23(24,25)26/h3-14H,15H2,1-2H3,(H,27,29). The summed E-state index contributed by atoms with van der Waals surface area (Å²) in [5, 5.41) is 2.34. The van der Waals surface area contributed by atoms with E-state index in [-0.39, 0.29) is 22.0 Å². The molecule has 0 saturated heterocycles. The molecule has 10 heteroatoms. The number of methoxy groups -OCH3 is 1. The maximum atomic E-state index is 13.4. The third-order valence-corrected chi connectivity index (χ3v) is 6.47. The van der Waals surface area contributed by atoms with Gasteiger partial charge in [0.1, 0.15) is 12.3 Å². The molecule has 0 unspecified atom stereocenters. The van der Waals surface area contributed by atoms with E-state index in [2.05, 4.69) is 5.32 Å². The predicted molar refractivity (Wildman–Crippen MR) is 119 cm³/mol. The first-order chi connectivity index (χ1) is 15.5. The van der Waals surface area contributed by atoms with Crippen LogP contribution < -0.4 is 14.4 Å². The number of alkyl halides is 3. The Morgan fingerprint density at radius 3 is 2.33 bits per heavy atom. The average molecular weight is 478 g/mol. The van der Waals surface area contributed by atoms with Gasteiger partial charge in [0.05, 0.1) is 23.3 Å². The Balaban J connectivity index is 1.99. The highest BCUT2D eigenvalue weighted by Crippen LogP contribution is 2.34. The summed E-state index contributed by atoms with van der Waals surface area (Å²) in [6, 6.07) is 16.4. The Morgan fingerprint density at radius 2 is 1.70 bits per heavy atom. The molecule has 0 saturated carbocycles. The number of anilines is 2. The fraction of sp³-hybridized carbons (Fsp3) is 0.174. The number of carbonyl (C=O) groups is 1. The molecule has 174 valence electrons. The van der Waals surface area contributed by atoms with Gasteiger partial charge in [-0.15, -0.1) is 0 Å². The highest BCUT2D eigenvalue weighted by molar-refractivity contribution is 7.92. The first-order valence-electron chi connectivity index (χ1n) is 9.72. The molecule has 3 aromatic carbocycles. The molecular formula is C23H21F3N2O4S. The van der Waals surface area contributed by atoms with E-state index in [1.807, 2.05) is 0 Å². The van der Waals surface area contributed by atoms with Crippen molar-refractivity contribution in [1.82, 2.24) is 0 Å². The zero-order valence-electron chi connectivity index (χ0n) is 17.8. The summed E-state index contributed by atoms with van der Waals surface area (Å²) < 4.78 is 72.0. The quantitative estimate of drug-likeness (QED) is 0.527. The number of hydrogen-bond donors (Lipinski definition) is 1. The van der Waals surface area contributed by atoms with Crippen LogP contribution in [-0.4, -0.2) is 28.0 Å². The zero-order chi connectivity index (χ0) is 24.2. The first-order valence-corrected chi connectivity index (χ1v) is 11.2. The molecule has 1 amide bonds. The maximum Gasteiger partial charge on any atom is 0.416 e. The summed E-state index contributed by atoms with van der Waals surface area (Å²) in [4.78, 5) is 12.7. The minimum Gasteiger partial charge on any atom is -0.495 e. The van der Waals surface area contributed by atoms with E-state index in [4.69, 9.17) is 4.74 Å². The minimum atomic E-state index is -4.58. The third kappa shape index (κ3) is 5.64. The lowest BCUT2D eigenvalue weighted by Crippen LogP contribution is -2.38. The van der Waals surface area contributed by atoms with Gasteiger partial charge in [-0.3, -0.25) is 9.10 Å². The predicted octanol–water partition coefficient (Wildman–Crippen LogP) is 4.86. The van der Waals surface area contributed by atoms with E-state index >= 15 is 0 Å². The molecule has 1 N–H and O–H groups in total. The fourth-order valence-corrected chi connectivity index (χ4v) is 4.56. The second kappa shape index (κ2) is 9.53. The van der Waals surface area contributed by atoms with Crippen molar-refractivity contribution in [2.75, 3.05) is 23.3 Å². The smallest absolute Gasteiger partial charge is 0.416 e. The van der Waals surface area contributed by atoms with Gasteiger partial charge in [0, 0.05) is 5.69 Å². The van der Waals surface area contributed by atoms with Crippen LogP contribution >= 0.6 is 0 Å². The van der Waals surface area contributed by atoms with Gasteiger partial charge in [0.2, 0.25) is 5.91 Å². The molecule has 3 rings (SSSR count). The number of ether oxygens (including phenoxy) is 1. The van der Waals surface area contributed by atoms with Gasteiger partial charge in [-0.2, -0.15) is 13.2 Å². The number of rotatable bonds is 7. The molecule has 0 bridgehead atoms. The van der Waals surface area contributed by atoms with Crippen molar-refractivity contribution in [3.63, 3.8) is 0 Å². The van der Waals surface area contributed by atoms with Crippen LogP contribution in [0.5, 0.6) is 5.75 Å². The average Bonchev–Trinajstić information content (AvgIpc) is 2.77. The number of halogens is 3. The van der Waals surface area contributed by atoms with Crippen molar-refractivity contribution < 1.29 is 31.1 Å². The van der Waals surface area contributed by atoms with Crippen LogP contribution in [0.4, 0.5) is 24.5 Å². The van der Waals surface area contributed by atoms with Gasteiger partial charge in [-0.05, 0) is 55.0 Å². The lowest BCUT2D eigenvalue weighted by Gasteiger charge is -2.26. The van der Waals surface area contributed by atoms with E-state index < -0.39 is 34.2 Å². The normalized spacial score (nSPS) is 11.7. The minimum absolute atomic E-state index is 0.0552. The fourth-order valence-electron chi connectivity index (χ4n) is 3.12. The number of benzene rings is 3. The van der Waals surface area contributed by atoms with Crippen LogP contribution in [0.15, 0.2) is 77.7 Å². The number of sulfonamides is 1. The van der Waals surface area contributed by atoms with E-state index in [1.165, 1.54) is 25.3 Å². The summed E-state index contributed by atoms with van der Waals surface area (Å²) in [6.45, 7) is 1.06. The van der Waals surface area contributed by atoms with Crippen LogP contribution in [0.1, 0.15) is 11.1 Å². The molecule has 0 aromatic heterocycles. The largest absolute Gasteiger partial charge is 0.495 e. The van der Waals surface area contributed by atoms with Crippen LogP contribution in [0.3, 0.4) is 0 Å². The van der Waals surface area contributed by atoms with Gasteiger partial charge >= 0.3 is 6.18 Å². The van der Waals surface area contributed by atoms with Crippen LogP contribution in [0, 0.1) is 6.92 Å². The monoisotopic (exact) mass is 478 g/mol. The number of nitrogens with one attached hydrogen (secondary N) is 1. The van der Waals surface area contributed by atoms with Crippen molar-refractivity contribution in [1.29, 1.82) is 0 Å².